The van der Waals surface area contributed by atoms with Gasteiger partial charge in [0.05, 0.1) is 26.4 Å². The van der Waals surface area contributed by atoms with Crippen LogP contribution in [0.4, 0.5) is 4.79 Å². The Balaban J connectivity index is 1.12. The fourth-order valence-corrected chi connectivity index (χ4v) is 10.9. The summed E-state index contributed by atoms with van der Waals surface area (Å²) in [7, 11) is 0. The lowest BCUT2D eigenvalue weighted by Crippen LogP contribution is -2.61. The summed E-state index contributed by atoms with van der Waals surface area (Å²) in [4.78, 5) is 149. The Morgan fingerprint density at radius 3 is 1.68 bits per heavy atom. The summed E-state index contributed by atoms with van der Waals surface area (Å²) < 4.78 is 11.4. The standard InChI is InChI=1S/C69H86N14O14/c1-42(2)32-52(60(87)76-51(24-14-30-73-68(71)72)67(94)83-31-15-25-58(83)66(93)75-37-59(70)86)77-61(88)53(33-43-16-6-3-7-17-43)78-62(89)54(34-44-26-28-48(85)29-27-44)79-64(91)56(38-84)81-63(90)55(35-47-36-74-50-23-13-12-22-49(47)50)80-65(92)57(41-96-39-45-18-8-4-9-19-45)82-69(95)97-40-46-20-10-5-11-21-46/h3-13,16-23,26-29,36,42,51-58,74,84-85H,14-15,24-25,30-35,37-41H2,1-2H3,(H2,70,86)(H,75,93)(H,76,87)(H,77,88)(H,78,89)(H,79,91)(H,80,92)(H,81,90)(H,82,95)(H4,71,72,73)/t51-,52-,53+,54-,55-,56-,57-,58-/m0/s1. The number of aromatic nitrogens is 1. The van der Waals surface area contributed by atoms with Gasteiger partial charge in [-0.3, -0.25) is 48.1 Å². The predicted octanol–water partition coefficient (Wildman–Crippen LogP) is 1.01. The van der Waals surface area contributed by atoms with Crippen LogP contribution in [-0.2, 0) is 85.1 Å². The first-order valence-electron chi connectivity index (χ1n) is 31.9. The molecule has 1 saturated heterocycles. The Bertz CT molecular complexity index is 3650. The third kappa shape index (κ3) is 23.5. The number of alkyl carbamates (subject to hydrolysis) is 1. The molecule has 28 heteroatoms. The molecule has 5 aromatic carbocycles. The maximum atomic E-state index is 15.0. The molecule has 10 amide bonds. The van der Waals surface area contributed by atoms with Gasteiger partial charge in [-0.15, -0.1) is 0 Å². The molecule has 97 heavy (non-hydrogen) atoms. The second-order valence-corrected chi connectivity index (χ2v) is 23.9. The van der Waals surface area contributed by atoms with E-state index in [1.165, 1.54) is 29.2 Å². The number of para-hydroxylation sites is 1. The summed E-state index contributed by atoms with van der Waals surface area (Å²) in [6.07, 6.45) is 1.00. The van der Waals surface area contributed by atoms with Gasteiger partial charge in [0.1, 0.15) is 60.7 Å². The smallest absolute Gasteiger partial charge is 0.408 e. The second-order valence-electron chi connectivity index (χ2n) is 23.9. The third-order valence-corrected chi connectivity index (χ3v) is 15.9. The zero-order chi connectivity index (χ0) is 69.8. The summed E-state index contributed by atoms with van der Waals surface area (Å²) in [6, 6.07) is 28.0. The lowest BCUT2D eigenvalue weighted by atomic mass is 9.99. The van der Waals surface area contributed by atoms with E-state index in [2.05, 4.69) is 52.5 Å². The molecule has 0 bridgehead atoms. The number of fused-ring (bicyclic) bond motifs is 1. The molecular weight excluding hydrogens is 1250 g/mol. The molecule has 516 valence electrons. The van der Waals surface area contributed by atoms with Crippen molar-refractivity contribution in [3.05, 3.63) is 174 Å². The summed E-state index contributed by atoms with van der Waals surface area (Å²) in [5.74, 6) is -8.02. The van der Waals surface area contributed by atoms with Gasteiger partial charge in [0, 0.05) is 49.5 Å². The van der Waals surface area contributed by atoms with Crippen molar-refractivity contribution < 1.29 is 67.6 Å². The number of aliphatic hydroxyl groups is 1. The molecule has 0 radical (unpaired) electrons. The van der Waals surface area contributed by atoms with Gasteiger partial charge in [-0.2, -0.15) is 0 Å². The highest BCUT2D eigenvalue weighted by atomic mass is 16.5. The average Bonchev–Trinajstić information content (AvgIpc) is 1.73. The van der Waals surface area contributed by atoms with E-state index in [0.717, 1.165) is 5.56 Å². The number of primary amides is 1. The molecule has 1 aromatic heterocycles. The van der Waals surface area contributed by atoms with Crippen molar-refractivity contribution in [2.24, 2.45) is 28.1 Å². The number of nitrogens with one attached hydrogen (secondary N) is 9. The zero-order valence-electron chi connectivity index (χ0n) is 54.1. The van der Waals surface area contributed by atoms with Crippen LogP contribution in [0, 0.1) is 5.92 Å². The number of hydrogen-bond acceptors (Lipinski definition) is 15. The number of likely N-dealkylation sites (tertiary alicyclic amines) is 1. The number of H-pyrrole nitrogens is 1. The monoisotopic (exact) mass is 1330 g/mol. The zero-order valence-corrected chi connectivity index (χ0v) is 54.1. The number of carbonyl (C=O) groups is 10. The number of amides is 10. The molecule has 1 aliphatic heterocycles. The fraction of sp³-hybridized carbons (Fsp3) is 0.377. The van der Waals surface area contributed by atoms with E-state index in [-0.39, 0.29) is 95.5 Å². The van der Waals surface area contributed by atoms with Crippen molar-refractivity contribution >= 4 is 76.1 Å². The Kier molecular flexibility index (Phi) is 28.3. The topological polar surface area (TPSA) is 435 Å². The first kappa shape index (κ1) is 73.5. The van der Waals surface area contributed by atoms with E-state index in [4.69, 9.17) is 26.7 Å². The van der Waals surface area contributed by atoms with E-state index in [9.17, 15) is 58.2 Å². The van der Waals surface area contributed by atoms with Crippen molar-refractivity contribution in [3.8, 4) is 5.75 Å². The predicted molar refractivity (Wildman–Crippen MR) is 359 cm³/mol. The number of phenolic OH excluding ortho intramolecular Hbond substituents is 1. The van der Waals surface area contributed by atoms with Gasteiger partial charge in [-0.05, 0) is 84.0 Å². The number of aromatic hydroxyl groups is 1. The van der Waals surface area contributed by atoms with Crippen molar-refractivity contribution in [1.82, 2.24) is 52.4 Å². The van der Waals surface area contributed by atoms with Crippen LogP contribution in [-0.4, -0.2) is 166 Å². The van der Waals surface area contributed by atoms with Crippen molar-refractivity contribution in [2.75, 3.05) is 32.8 Å². The van der Waals surface area contributed by atoms with Crippen molar-refractivity contribution in [2.45, 2.75) is 127 Å². The molecule has 1 fully saturated rings. The molecule has 0 saturated carbocycles. The Morgan fingerprint density at radius 1 is 0.588 bits per heavy atom. The van der Waals surface area contributed by atoms with Gasteiger partial charge in [0.2, 0.25) is 53.2 Å². The van der Waals surface area contributed by atoms with Crippen LogP contribution < -0.4 is 59.7 Å². The van der Waals surface area contributed by atoms with Gasteiger partial charge in [0.15, 0.2) is 5.96 Å². The number of phenols is 1. The number of aliphatic hydroxyl groups excluding tert-OH is 1. The van der Waals surface area contributed by atoms with E-state index >= 15 is 0 Å². The number of nitrogens with two attached hydrogens (primary N) is 3. The molecule has 6 aromatic rings. The van der Waals surface area contributed by atoms with Gasteiger partial charge < -0.3 is 89.3 Å². The molecule has 2 heterocycles. The van der Waals surface area contributed by atoms with E-state index < -0.39 is 121 Å². The highest BCUT2D eigenvalue weighted by Gasteiger charge is 2.40. The van der Waals surface area contributed by atoms with Crippen LogP contribution in [0.25, 0.3) is 10.9 Å². The van der Waals surface area contributed by atoms with Crippen LogP contribution in [0.2, 0.25) is 0 Å². The highest BCUT2D eigenvalue weighted by molar-refractivity contribution is 5.99. The van der Waals surface area contributed by atoms with Crippen LogP contribution in [0.1, 0.15) is 73.8 Å². The number of rotatable bonds is 36. The SMILES string of the molecule is CC(C)C[C@H](NC(=O)[C@@H](Cc1ccccc1)NC(=O)[C@H](Cc1ccc(O)cc1)NC(=O)[C@H](CO)NC(=O)[C@H](Cc1c[nH]c2ccccc12)NC(=O)[C@H](COCc1ccccc1)NC(=O)OCc1ccccc1)C(=O)N[C@@H](CCCN=C(N)N)C(=O)N1CCC[C@H]1C(=O)NCC(N)=O. The quantitative estimate of drug-likeness (QED) is 0.0148. The molecule has 17 N–H and O–H groups in total. The van der Waals surface area contributed by atoms with Crippen LogP contribution in [0.3, 0.4) is 0 Å². The summed E-state index contributed by atoms with van der Waals surface area (Å²) in [5.41, 5.74) is 20.1. The minimum absolute atomic E-state index is 0.000908. The highest BCUT2D eigenvalue weighted by Crippen LogP contribution is 2.22. The minimum Gasteiger partial charge on any atom is -0.508 e. The summed E-state index contributed by atoms with van der Waals surface area (Å²) in [5, 5.41) is 43.0. The van der Waals surface area contributed by atoms with Gasteiger partial charge in [-0.1, -0.05) is 135 Å². The van der Waals surface area contributed by atoms with E-state index in [1.807, 2.05) is 36.4 Å². The van der Waals surface area contributed by atoms with Gasteiger partial charge in [-0.25, -0.2) is 4.79 Å². The lowest BCUT2D eigenvalue weighted by Gasteiger charge is -2.30. The molecule has 8 atom stereocenters. The number of hydrogen-bond donors (Lipinski definition) is 14. The number of aromatic amines is 1. The molecule has 0 aliphatic carbocycles. The number of aliphatic imine (C=N–C) groups is 1. The maximum Gasteiger partial charge on any atom is 0.408 e. The van der Waals surface area contributed by atoms with E-state index in [0.29, 0.717) is 39.6 Å². The molecule has 0 spiro atoms. The van der Waals surface area contributed by atoms with Gasteiger partial charge >= 0.3 is 6.09 Å². The normalized spacial score (nSPS) is 14.8. The number of ether oxygens (including phenoxy) is 2. The number of nitrogens with zero attached hydrogens (tertiary/aromatic N) is 2. The van der Waals surface area contributed by atoms with E-state index in [1.54, 1.807) is 98.9 Å². The molecular formula is C69H86N14O14. The molecule has 1 aliphatic rings. The third-order valence-electron chi connectivity index (χ3n) is 15.9. The minimum atomic E-state index is -1.79. The maximum absolute atomic E-state index is 15.0. The number of benzene rings is 5. The van der Waals surface area contributed by atoms with Crippen LogP contribution in [0.5, 0.6) is 5.75 Å². The largest absolute Gasteiger partial charge is 0.508 e. The summed E-state index contributed by atoms with van der Waals surface area (Å²) >= 11 is 0. The fourth-order valence-electron chi connectivity index (χ4n) is 10.9. The van der Waals surface area contributed by atoms with Crippen molar-refractivity contribution in [1.29, 1.82) is 0 Å². The van der Waals surface area contributed by atoms with Crippen molar-refractivity contribution in [3.63, 3.8) is 0 Å². The van der Waals surface area contributed by atoms with Gasteiger partial charge in [0.25, 0.3) is 0 Å². The lowest BCUT2D eigenvalue weighted by molar-refractivity contribution is -0.142. The Labute approximate surface area is 561 Å². The number of guanidine groups is 1. The Hall–Kier alpha value is -10.9. The summed E-state index contributed by atoms with van der Waals surface area (Å²) in [6.45, 7) is 1.89. The number of carbonyl (C=O) groups excluding carboxylic acids is 10. The molecule has 0 unspecified atom stereocenters. The molecule has 7 rings (SSSR count). The van der Waals surface area contributed by atoms with Crippen LogP contribution in [0.15, 0.2) is 151 Å². The first-order chi connectivity index (χ1) is 46.6. The molecule has 28 nitrogen and oxygen atoms in total. The van der Waals surface area contributed by atoms with Crippen LogP contribution >= 0.6 is 0 Å². The second kappa shape index (κ2) is 37.3. The average molecular weight is 1340 g/mol. The first-order valence-corrected chi connectivity index (χ1v) is 31.9. The Morgan fingerprint density at radius 2 is 1.09 bits per heavy atom.